The normalized spacial score (nSPS) is 18.6. The van der Waals surface area contributed by atoms with Crippen LogP contribution in [-0.4, -0.2) is 50.8 Å². The van der Waals surface area contributed by atoms with Crippen LogP contribution in [0.25, 0.3) is 0 Å². The van der Waals surface area contributed by atoms with E-state index >= 15 is 0 Å². The first-order valence-electron chi connectivity index (χ1n) is 4.85. The van der Waals surface area contributed by atoms with Gasteiger partial charge < -0.3 is 9.47 Å². The zero-order valence-electron chi connectivity index (χ0n) is 8.57. The molecule has 0 aromatic carbocycles. The molecule has 4 nitrogen and oxygen atoms in total. The highest BCUT2D eigenvalue weighted by atomic mass is 16.5. The molecule has 0 atom stereocenters. The molecule has 1 aliphatic heterocycles. The van der Waals surface area contributed by atoms with E-state index in [0.717, 1.165) is 32.8 Å². The van der Waals surface area contributed by atoms with Crippen molar-refractivity contribution < 1.29 is 14.3 Å². The molecule has 80 valence electrons. The molecular weight excluding hydrogens is 182 g/mol. The number of nitrogens with zero attached hydrogens (tertiary/aromatic N) is 1. The molecule has 4 heteroatoms. The fourth-order valence-electron chi connectivity index (χ4n) is 1.27. The molecule has 1 heterocycles. The van der Waals surface area contributed by atoms with Crippen LogP contribution in [0.1, 0.15) is 6.42 Å². The van der Waals surface area contributed by atoms with E-state index in [1.807, 2.05) is 12.2 Å². The summed E-state index contributed by atoms with van der Waals surface area (Å²) in [5.74, 6) is -0.191. The molecule has 1 fully saturated rings. The predicted octanol–water partition coefficient (Wildman–Crippen LogP) is 0.438. The van der Waals surface area contributed by atoms with Crippen molar-refractivity contribution >= 4 is 5.97 Å². The minimum Gasteiger partial charge on any atom is -0.469 e. The van der Waals surface area contributed by atoms with Crippen LogP contribution < -0.4 is 0 Å². The van der Waals surface area contributed by atoms with Gasteiger partial charge in [0.25, 0.3) is 0 Å². The van der Waals surface area contributed by atoms with Gasteiger partial charge in [0, 0.05) is 19.6 Å². The van der Waals surface area contributed by atoms with E-state index in [4.69, 9.17) is 4.74 Å². The number of ether oxygens (including phenoxy) is 2. The van der Waals surface area contributed by atoms with Gasteiger partial charge in [-0.1, -0.05) is 12.2 Å². The fourth-order valence-corrected chi connectivity index (χ4v) is 1.27. The summed E-state index contributed by atoms with van der Waals surface area (Å²) in [5.41, 5.74) is 0. The summed E-state index contributed by atoms with van der Waals surface area (Å²) in [4.78, 5) is 13.0. The Hall–Kier alpha value is -0.870. The Morgan fingerprint density at radius 2 is 2.14 bits per heavy atom. The largest absolute Gasteiger partial charge is 0.469 e. The van der Waals surface area contributed by atoms with Crippen LogP contribution in [-0.2, 0) is 14.3 Å². The molecule has 0 spiro atoms. The Morgan fingerprint density at radius 3 is 2.79 bits per heavy atom. The number of methoxy groups -OCH3 is 1. The number of hydrogen-bond acceptors (Lipinski definition) is 4. The first-order chi connectivity index (χ1) is 6.83. The quantitative estimate of drug-likeness (QED) is 0.486. The molecule has 1 saturated heterocycles. The molecule has 14 heavy (non-hydrogen) atoms. The van der Waals surface area contributed by atoms with Crippen molar-refractivity contribution in [1.29, 1.82) is 0 Å². The molecular formula is C10H17NO3. The van der Waals surface area contributed by atoms with Gasteiger partial charge in [-0.2, -0.15) is 0 Å². The second-order valence-corrected chi connectivity index (χ2v) is 3.16. The third kappa shape index (κ3) is 4.39. The zero-order valence-corrected chi connectivity index (χ0v) is 8.57. The van der Waals surface area contributed by atoms with Crippen molar-refractivity contribution in [2.45, 2.75) is 6.42 Å². The fraction of sp³-hybridized carbons (Fsp3) is 0.700. The molecule has 0 amide bonds. The lowest BCUT2D eigenvalue weighted by atomic mass is 10.3. The smallest absolute Gasteiger partial charge is 0.309 e. The van der Waals surface area contributed by atoms with E-state index in [1.54, 1.807) is 0 Å². The van der Waals surface area contributed by atoms with Gasteiger partial charge in [0.2, 0.25) is 0 Å². The Labute approximate surface area is 84.5 Å². The Bertz CT molecular complexity index is 198. The highest BCUT2D eigenvalue weighted by Gasteiger charge is 2.07. The molecule has 1 aliphatic rings. The Balaban J connectivity index is 2.09. The van der Waals surface area contributed by atoms with E-state index in [2.05, 4.69) is 9.64 Å². The summed E-state index contributed by atoms with van der Waals surface area (Å²) < 4.78 is 9.74. The van der Waals surface area contributed by atoms with Crippen LogP contribution in [0.5, 0.6) is 0 Å². The summed E-state index contributed by atoms with van der Waals surface area (Å²) in [6.07, 6.45) is 4.21. The summed E-state index contributed by atoms with van der Waals surface area (Å²) in [6.45, 7) is 4.46. The lowest BCUT2D eigenvalue weighted by Crippen LogP contribution is -2.36. The minimum atomic E-state index is -0.191. The third-order valence-electron chi connectivity index (χ3n) is 2.15. The lowest BCUT2D eigenvalue weighted by molar-refractivity contribution is -0.139. The van der Waals surface area contributed by atoms with Crippen LogP contribution in [0.2, 0.25) is 0 Å². The Morgan fingerprint density at radius 1 is 1.43 bits per heavy atom. The molecule has 0 N–H and O–H groups in total. The standard InChI is InChI=1S/C10H17NO3/c1-13-10(12)4-2-3-5-11-6-8-14-9-7-11/h2-3H,4-9H2,1H3/b3-2+. The molecule has 0 bridgehead atoms. The summed E-state index contributed by atoms with van der Waals surface area (Å²) in [7, 11) is 1.40. The molecule has 0 aromatic rings. The van der Waals surface area contributed by atoms with Crippen molar-refractivity contribution in [3.63, 3.8) is 0 Å². The molecule has 0 unspecified atom stereocenters. The summed E-state index contributed by atoms with van der Waals surface area (Å²) >= 11 is 0. The van der Waals surface area contributed by atoms with Crippen LogP contribution >= 0.6 is 0 Å². The summed E-state index contributed by atoms with van der Waals surface area (Å²) in [6, 6.07) is 0. The highest BCUT2D eigenvalue weighted by molar-refractivity contribution is 5.70. The van der Waals surface area contributed by atoms with Gasteiger partial charge in [0.15, 0.2) is 0 Å². The van der Waals surface area contributed by atoms with Gasteiger partial charge in [0.05, 0.1) is 26.7 Å². The van der Waals surface area contributed by atoms with Crippen LogP contribution in [0.3, 0.4) is 0 Å². The van der Waals surface area contributed by atoms with Crippen LogP contribution in [0, 0.1) is 0 Å². The second-order valence-electron chi connectivity index (χ2n) is 3.16. The van der Waals surface area contributed by atoms with E-state index in [-0.39, 0.29) is 5.97 Å². The molecule has 0 aromatic heterocycles. The topological polar surface area (TPSA) is 38.8 Å². The minimum absolute atomic E-state index is 0.191. The van der Waals surface area contributed by atoms with E-state index in [0.29, 0.717) is 6.42 Å². The number of carbonyl (C=O) groups is 1. The number of carbonyl (C=O) groups excluding carboxylic acids is 1. The van der Waals surface area contributed by atoms with Crippen LogP contribution in [0.15, 0.2) is 12.2 Å². The molecule has 0 aliphatic carbocycles. The number of rotatable bonds is 4. The first kappa shape index (κ1) is 11.2. The van der Waals surface area contributed by atoms with Gasteiger partial charge in [-0.15, -0.1) is 0 Å². The van der Waals surface area contributed by atoms with Gasteiger partial charge >= 0.3 is 5.97 Å². The number of morpholine rings is 1. The van der Waals surface area contributed by atoms with Gasteiger partial charge in [0.1, 0.15) is 0 Å². The molecule has 1 rings (SSSR count). The second kappa shape index (κ2) is 6.56. The van der Waals surface area contributed by atoms with Gasteiger partial charge in [-0.25, -0.2) is 0 Å². The molecule has 0 radical (unpaired) electrons. The van der Waals surface area contributed by atoms with Crippen molar-refractivity contribution in [3.8, 4) is 0 Å². The van der Waals surface area contributed by atoms with Crippen molar-refractivity contribution in [3.05, 3.63) is 12.2 Å². The van der Waals surface area contributed by atoms with E-state index < -0.39 is 0 Å². The maximum atomic E-state index is 10.8. The monoisotopic (exact) mass is 199 g/mol. The SMILES string of the molecule is COC(=O)C/C=C/CN1CCOCC1. The predicted molar refractivity (Wildman–Crippen MR) is 53.0 cm³/mol. The van der Waals surface area contributed by atoms with Crippen molar-refractivity contribution in [2.75, 3.05) is 40.0 Å². The van der Waals surface area contributed by atoms with E-state index in [1.165, 1.54) is 7.11 Å². The first-order valence-corrected chi connectivity index (χ1v) is 4.85. The zero-order chi connectivity index (χ0) is 10.2. The van der Waals surface area contributed by atoms with E-state index in [9.17, 15) is 4.79 Å². The van der Waals surface area contributed by atoms with Gasteiger partial charge in [-0.05, 0) is 0 Å². The third-order valence-corrected chi connectivity index (χ3v) is 2.15. The van der Waals surface area contributed by atoms with Crippen LogP contribution in [0.4, 0.5) is 0 Å². The highest BCUT2D eigenvalue weighted by Crippen LogP contribution is 1.96. The number of esters is 1. The van der Waals surface area contributed by atoms with Crippen molar-refractivity contribution in [2.24, 2.45) is 0 Å². The maximum Gasteiger partial charge on any atom is 0.309 e. The average Bonchev–Trinajstić information content (AvgIpc) is 2.25. The maximum absolute atomic E-state index is 10.8. The molecule has 0 saturated carbocycles. The number of hydrogen-bond donors (Lipinski definition) is 0. The average molecular weight is 199 g/mol. The van der Waals surface area contributed by atoms with Gasteiger partial charge in [-0.3, -0.25) is 9.69 Å². The lowest BCUT2D eigenvalue weighted by Gasteiger charge is -2.25. The summed E-state index contributed by atoms with van der Waals surface area (Å²) in [5, 5.41) is 0. The Kier molecular flexibility index (Phi) is 5.25. The van der Waals surface area contributed by atoms with Crippen molar-refractivity contribution in [1.82, 2.24) is 4.90 Å².